The van der Waals surface area contributed by atoms with Crippen LogP contribution in [-0.4, -0.2) is 0 Å². The van der Waals surface area contributed by atoms with E-state index in [0.29, 0.717) is 0 Å². The maximum absolute atomic E-state index is 8.59. The van der Waals surface area contributed by atoms with E-state index in [9.17, 15) is 0 Å². The third-order valence-corrected chi connectivity index (χ3v) is 1.43. The zero-order valence-electron chi connectivity index (χ0n) is 5.99. The van der Waals surface area contributed by atoms with Gasteiger partial charge < -0.3 is 0 Å². The highest BCUT2D eigenvalue weighted by Crippen LogP contribution is 2.11. The van der Waals surface area contributed by atoms with Gasteiger partial charge in [-0.25, -0.2) is 0 Å². The van der Waals surface area contributed by atoms with E-state index in [2.05, 4.69) is 5.92 Å². The molecule has 1 aromatic carbocycles. The lowest BCUT2D eigenvalue weighted by Gasteiger charge is -1.98. The summed E-state index contributed by atoms with van der Waals surface area (Å²) in [6, 6.07) is 11.4. The molecule has 1 rings (SSSR count). The normalized spacial score (nSPS) is 11.1. The molecule has 1 nitrogen and oxygen atoms in total. The lowest BCUT2D eigenvalue weighted by molar-refractivity contribution is 1.14. The van der Waals surface area contributed by atoms with Crippen LogP contribution in [0.5, 0.6) is 0 Å². The number of nitriles is 1. The average molecular weight is 141 g/mol. The van der Waals surface area contributed by atoms with Gasteiger partial charge in [0.2, 0.25) is 0 Å². The van der Waals surface area contributed by atoms with Gasteiger partial charge in [-0.15, -0.1) is 6.42 Å². The van der Waals surface area contributed by atoms with Gasteiger partial charge in [0.1, 0.15) is 5.92 Å². The molecule has 0 saturated carbocycles. The van der Waals surface area contributed by atoms with Gasteiger partial charge in [-0.2, -0.15) is 5.26 Å². The Labute approximate surface area is 66.3 Å². The molecule has 0 bridgehead atoms. The Balaban J connectivity index is 2.96. The molecule has 0 saturated heterocycles. The molecule has 11 heavy (non-hydrogen) atoms. The molecule has 0 aliphatic carbocycles. The number of benzene rings is 1. The van der Waals surface area contributed by atoms with Crippen LogP contribution in [0.25, 0.3) is 0 Å². The summed E-state index contributed by atoms with van der Waals surface area (Å²) in [4.78, 5) is 0. The first-order chi connectivity index (χ1) is 5.38. The molecule has 1 unspecified atom stereocenters. The van der Waals surface area contributed by atoms with Crippen molar-refractivity contribution in [2.24, 2.45) is 0 Å². The van der Waals surface area contributed by atoms with Crippen LogP contribution in [0.15, 0.2) is 30.3 Å². The second kappa shape index (κ2) is 3.44. The predicted molar refractivity (Wildman–Crippen MR) is 43.6 cm³/mol. The summed E-state index contributed by atoms with van der Waals surface area (Å²) in [6.07, 6.45) is 5.14. The van der Waals surface area contributed by atoms with Crippen LogP contribution in [0.1, 0.15) is 11.5 Å². The fraction of sp³-hybridized carbons (Fsp3) is 0.100. The summed E-state index contributed by atoms with van der Waals surface area (Å²) in [5.41, 5.74) is 0.887. The van der Waals surface area contributed by atoms with Crippen LogP contribution in [0.2, 0.25) is 0 Å². The molecular formula is C10H7N. The quantitative estimate of drug-likeness (QED) is 0.548. The Morgan fingerprint density at radius 1 is 1.27 bits per heavy atom. The summed E-state index contributed by atoms with van der Waals surface area (Å²) in [5.74, 6) is 2.00. The molecule has 0 amide bonds. The van der Waals surface area contributed by atoms with Gasteiger partial charge in [-0.05, 0) is 5.56 Å². The van der Waals surface area contributed by atoms with E-state index >= 15 is 0 Å². The van der Waals surface area contributed by atoms with Crippen molar-refractivity contribution in [1.82, 2.24) is 0 Å². The van der Waals surface area contributed by atoms with Crippen molar-refractivity contribution in [2.75, 3.05) is 0 Å². The molecule has 1 heteroatoms. The Hall–Kier alpha value is -1.73. The van der Waals surface area contributed by atoms with Crippen molar-refractivity contribution in [3.63, 3.8) is 0 Å². The van der Waals surface area contributed by atoms with Gasteiger partial charge in [0.15, 0.2) is 0 Å². The van der Waals surface area contributed by atoms with Crippen molar-refractivity contribution >= 4 is 0 Å². The molecule has 0 spiro atoms. The van der Waals surface area contributed by atoms with Crippen LogP contribution in [0, 0.1) is 23.7 Å². The Kier molecular flexibility index (Phi) is 2.31. The summed E-state index contributed by atoms with van der Waals surface area (Å²) in [7, 11) is 0. The van der Waals surface area contributed by atoms with Crippen LogP contribution in [-0.2, 0) is 0 Å². The minimum Gasteiger partial charge on any atom is -0.197 e. The highest BCUT2D eigenvalue weighted by atomic mass is 14.3. The smallest absolute Gasteiger partial charge is 0.132 e. The van der Waals surface area contributed by atoms with Crippen LogP contribution < -0.4 is 0 Å². The summed E-state index contributed by atoms with van der Waals surface area (Å²) in [6.45, 7) is 0. The minimum absolute atomic E-state index is 0.406. The predicted octanol–water partition coefficient (Wildman–Crippen LogP) is 1.93. The van der Waals surface area contributed by atoms with Crippen molar-refractivity contribution in [3.8, 4) is 18.4 Å². The number of terminal acetylenes is 1. The van der Waals surface area contributed by atoms with E-state index in [1.165, 1.54) is 0 Å². The minimum atomic E-state index is -0.406. The van der Waals surface area contributed by atoms with Crippen LogP contribution >= 0.6 is 0 Å². The Bertz CT molecular complexity index is 286. The van der Waals surface area contributed by atoms with E-state index in [-0.39, 0.29) is 0 Å². The summed E-state index contributed by atoms with van der Waals surface area (Å²) < 4.78 is 0. The van der Waals surface area contributed by atoms with Gasteiger partial charge in [-0.3, -0.25) is 0 Å². The van der Waals surface area contributed by atoms with Crippen molar-refractivity contribution < 1.29 is 0 Å². The molecular weight excluding hydrogens is 134 g/mol. The maximum atomic E-state index is 8.59. The van der Waals surface area contributed by atoms with E-state index in [4.69, 9.17) is 11.7 Å². The lowest BCUT2D eigenvalue weighted by atomic mass is 10.0. The summed E-state index contributed by atoms with van der Waals surface area (Å²) >= 11 is 0. The fourth-order valence-electron chi connectivity index (χ4n) is 0.854. The zero-order chi connectivity index (χ0) is 8.10. The number of hydrogen-bond acceptors (Lipinski definition) is 1. The monoisotopic (exact) mass is 141 g/mol. The van der Waals surface area contributed by atoms with Crippen LogP contribution in [0.4, 0.5) is 0 Å². The summed E-state index contributed by atoms with van der Waals surface area (Å²) in [5, 5.41) is 8.59. The molecule has 0 aliphatic rings. The van der Waals surface area contributed by atoms with Gasteiger partial charge in [0.05, 0.1) is 6.07 Å². The molecule has 0 N–H and O–H groups in total. The van der Waals surface area contributed by atoms with Gasteiger partial charge in [0, 0.05) is 0 Å². The third kappa shape index (κ3) is 1.60. The second-order valence-electron chi connectivity index (χ2n) is 2.14. The standard InChI is InChI=1S/C10H7N/c1-2-9(8-11)10-6-4-3-5-7-10/h1,3-7,9H. The van der Waals surface area contributed by atoms with Gasteiger partial charge in [0.25, 0.3) is 0 Å². The third-order valence-electron chi connectivity index (χ3n) is 1.43. The SMILES string of the molecule is C#CC(C#N)c1ccccc1. The first-order valence-corrected chi connectivity index (χ1v) is 3.29. The van der Waals surface area contributed by atoms with Crippen molar-refractivity contribution in [3.05, 3.63) is 35.9 Å². The first kappa shape index (κ1) is 7.38. The van der Waals surface area contributed by atoms with Crippen LogP contribution in [0.3, 0.4) is 0 Å². The van der Waals surface area contributed by atoms with E-state index < -0.39 is 5.92 Å². The first-order valence-electron chi connectivity index (χ1n) is 3.29. The van der Waals surface area contributed by atoms with Crippen molar-refractivity contribution in [2.45, 2.75) is 5.92 Å². The molecule has 0 fully saturated rings. The van der Waals surface area contributed by atoms with Gasteiger partial charge >= 0.3 is 0 Å². The highest BCUT2D eigenvalue weighted by molar-refractivity contribution is 5.32. The molecule has 1 aromatic rings. The molecule has 0 radical (unpaired) electrons. The average Bonchev–Trinajstić information content (AvgIpc) is 2.09. The number of rotatable bonds is 1. The van der Waals surface area contributed by atoms with Crippen molar-refractivity contribution in [1.29, 1.82) is 5.26 Å². The fourth-order valence-corrected chi connectivity index (χ4v) is 0.854. The maximum Gasteiger partial charge on any atom is 0.132 e. The lowest BCUT2D eigenvalue weighted by Crippen LogP contribution is -1.89. The number of hydrogen-bond donors (Lipinski definition) is 0. The van der Waals surface area contributed by atoms with E-state index in [0.717, 1.165) is 5.56 Å². The Morgan fingerprint density at radius 3 is 2.36 bits per heavy atom. The van der Waals surface area contributed by atoms with E-state index in [1.807, 2.05) is 36.4 Å². The molecule has 52 valence electrons. The largest absolute Gasteiger partial charge is 0.197 e. The molecule has 1 atom stereocenters. The topological polar surface area (TPSA) is 23.8 Å². The second-order valence-corrected chi connectivity index (χ2v) is 2.14. The van der Waals surface area contributed by atoms with E-state index in [1.54, 1.807) is 0 Å². The zero-order valence-corrected chi connectivity index (χ0v) is 5.99. The molecule has 0 heterocycles. The molecule has 0 aliphatic heterocycles. The Morgan fingerprint density at radius 2 is 1.91 bits per heavy atom. The number of nitrogens with zero attached hydrogens (tertiary/aromatic N) is 1. The van der Waals surface area contributed by atoms with Gasteiger partial charge in [-0.1, -0.05) is 36.3 Å². The highest BCUT2D eigenvalue weighted by Gasteiger charge is 2.03. The molecule has 0 aromatic heterocycles.